The molecule has 0 spiro atoms. The summed E-state index contributed by atoms with van der Waals surface area (Å²) in [5.41, 5.74) is 2.56. The fourth-order valence-corrected chi connectivity index (χ4v) is 3.94. The van der Waals surface area contributed by atoms with Crippen LogP contribution >= 0.6 is 0 Å². The van der Waals surface area contributed by atoms with E-state index in [0.717, 1.165) is 61.6 Å². The van der Waals surface area contributed by atoms with E-state index in [-0.39, 0.29) is 5.69 Å². The molecule has 0 amide bonds. The van der Waals surface area contributed by atoms with Gasteiger partial charge in [-0.2, -0.15) is 0 Å². The number of aromatic nitrogens is 4. The van der Waals surface area contributed by atoms with Crippen molar-refractivity contribution in [3.8, 4) is 0 Å². The molecule has 0 aromatic carbocycles. The second-order valence-electron chi connectivity index (χ2n) is 7.63. The number of hydrogen-bond acceptors (Lipinski definition) is 5. The van der Waals surface area contributed by atoms with Crippen molar-refractivity contribution >= 4 is 11.2 Å². The molecule has 1 saturated carbocycles. The van der Waals surface area contributed by atoms with E-state index in [1.54, 1.807) is 10.8 Å². The summed E-state index contributed by atoms with van der Waals surface area (Å²) in [5.74, 6) is 2.18. The molecule has 7 nitrogen and oxygen atoms in total. The second-order valence-corrected chi connectivity index (χ2v) is 7.63. The fraction of sp³-hybridized carbons (Fsp3) is 0.526. The molecule has 4 heterocycles. The lowest BCUT2D eigenvalue weighted by Gasteiger charge is -2.31. The Kier molecular flexibility index (Phi) is 3.89. The highest BCUT2D eigenvalue weighted by Gasteiger charge is 2.28. The summed E-state index contributed by atoms with van der Waals surface area (Å²) >= 11 is 0. The van der Waals surface area contributed by atoms with Crippen LogP contribution in [0.5, 0.6) is 0 Å². The molecule has 5 rings (SSSR count). The van der Waals surface area contributed by atoms with Crippen molar-refractivity contribution in [2.45, 2.75) is 44.7 Å². The molecule has 0 atom stereocenters. The summed E-state index contributed by atoms with van der Waals surface area (Å²) in [4.78, 5) is 21.9. The maximum Gasteiger partial charge on any atom is 0.327 e. The molecule has 7 heteroatoms. The Morgan fingerprint density at radius 2 is 2.08 bits per heavy atom. The molecule has 26 heavy (non-hydrogen) atoms. The molecule has 136 valence electrons. The molecular weight excluding hydrogens is 330 g/mol. The Bertz CT molecular complexity index is 960. The number of rotatable bonds is 5. The van der Waals surface area contributed by atoms with Crippen LogP contribution in [0, 0.1) is 5.92 Å². The van der Waals surface area contributed by atoms with Gasteiger partial charge in [-0.1, -0.05) is 5.16 Å². The van der Waals surface area contributed by atoms with Crippen molar-refractivity contribution in [3.05, 3.63) is 46.3 Å². The number of hydrogen-bond donors (Lipinski definition) is 1. The molecule has 3 aromatic heterocycles. The first-order valence-corrected chi connectivity index (χ1v) is 9.47. The third-order valence-corrected chi connectivity index (χ3v) is 5.62. The molecule has 0 unspecified atom stereocenters. The molecule has 1 saturated heterocycles. The monoisotopic (exact) mass is 353 g/mol. The van der Waals surface area contributed by atoms with Crippen LogP contribution in [0.1, 0.15) is 43.1 Å². The Hall–Kier alpha value is -2.41. The van der Waals surface area contributed by atoms with Crippen molar-refractivity contribution in [2.75, 3.05) is 13.1 Å². The van der Waals surface area contributed by atoms with E-state index >= 15 is 0 Å². The minimum atomic E-state index is -0.0590. The Morgan fingerprint density at radius 3 is 2.88 bits per heavy atom. The number of nitrogens with one attached hydrogen (secondary N) is 1. The summed E-state index contributed by atoms with van der Waals surface area (Å²) in [6.07, 6.45) is 6.38. The van der Waals surface area contributed by atoms with E-state index in [9.17, 15) is 4.79 Å². The van der Waals surface area contributed by atoms with Gasteiger partial charge >= 0.3 is 5.69 Å². The van der Waals surface area contributed by atoms with E-state index in [4.69, 9.17) is 4.52 Å². The van der Waals surface area contributed by atoms with E-state index in [2.05, 4.69) is 26.1 Å². The predicted octanol–water partition coefficient (Wildman–Crippen LogP) is 2.50. The first kappa shape index (κ1) is 15.8. The summed E-state index contributed by atoms with van der Waals surface area (Å²) < 4.78 is 7.24. The minimum absolute atomic E-state index is 0.0590. The zero-order valence-corrected chi connectivity index (χ0v) is 14.7. The number of H-pyrrole nitrogens is 1. The first-order chi connectivity index (χ1) is 12.8. The van der Waals surface area contributed by atoms with Crippen LogP contribution in [0.25, 0.3) is 11.2 Å². The smallest absolute Gasteiger partial charge is 0.327 e. The molecule has 1 aliphatic carbocycles. The van der Waals surface area contributed by atoms with Crippen molar-refractivity contribution in [1.29, 1.82) is 0 Å². The quantitative estimate of drug-likeness (QED) is 0.762. The van der Waals surface area contributed by atoms with Gasteiger partial charge in [-0.25, -0.2) is 9.78 Å². The van der Waals surface area contributed by atoms with Gasteiger partial charge in [-0.05, 0) is 56.8 Å². The molecule has 1 aliphatic heterocycles. The average Bonchev–Trinajstić information content (AvgIpc) is 3.33. The van der Waals surface area contributed by atoms with Gasteiger partial charge in [0.1, 0.15) is 5.76 Å². The molecule has 2 aliphatic rings. The third-order valence-electron chi connectivity index (χ3n) is 5.62. The number of pyridine rings is 1. The van der Waals surface area contributed by atoms with Crippen LogP contribution in [0.15, 0.2) is 33.7 Å². The lowest BCUT2D eigenvalue weighted by atomic mass is 9.96. The molecular formula is C19H23N5O2. The van der Waals surface area contributed by atoms with Gasteiger partial charge in [0, 0.05) is 31.3 Å². The number of aromatic amines is 1. The topological polar surface area (TPSA) is 80.0 Å². The molecule has 3 aromatic rings. The van der Waals surface area contributed by atoms with E-state index in [0.29, 0.717) is 11.8 Å². The average molecular weight is 353 g/mol. The number of piperidine rings is 1. The second kappa shape index (κ2) is 6.39. The van der Waals surface area contributed by atoms with Crippen molar-refractivity contribution in [1.82, 2.24) is 24.6 Å². The lowest BCUT2D eigenvalue weighted by Crippen LogP contribution is -2.35. The maximum atomic E-state index is 12.2. The van der Waals surface area contributed by atoms with Gasteiger partial charge in [0.15, 0.2) is 5.65 Å². The largest absolute Gasteiger partial charge is 0.361 e. The van der Waals surface area contributed by atoms with Gasteiger partial charge in [0.2, 0.25) is 0 Å². The maximum absolute atomic E-state index is 12.2. The van der Waals surface area contributed by atoms with E-state index < -0.39 is 0 Å². The number of nitrogens with zero attached hydrogens (tertiary/aromatic N) is 4. The first-order valence-electron chi connectivity index (χ1n) is 9.47. The fourth-order valence-electron chi connectivity index (χ4n) is 3.94. The third kappa shape index (κ3) is 3.07. The van der Waals surface area contributed by atoms with Crippen LogP contribution in [0.2, 0.25) is 0 Å². The minimum Gasteiger partial charge on any atom is -0.361 e. The van der Waals surface area contributed by atoms with Gasteiger partial charge in [-0.15, -0.1) is 0 Å². The van der Waals surface area contributed by atoms with E-state index in [1.165, 1.54) is 12.8 Å². The van der Waals surface area contributed by atoms with Crippen molar-refractivity contribution in [2.24, 2.45) is 5.92 Å². The Balaban J connectivity index is 1.20. The summed E-state index contributed by atoms with van der Waals surface area (Å²) in [6, 6.07) is 5.87. The van der Waals surface area contributed by atoms with Gasteiger partial charge in [0.25, 0.3) is 0 Å². The van der Waals surface area contributed by atoms with Crippen molar-refractivity contribution < 1.29 is 4.52 Å². The predicted molar refractivity (Wildman–Crippen MR) is 96.8 cm³/mol. The van der Waals surface area contributed by atoms with Crippen molar-refractivity contribution in [3.63, 3.8) is 0 Å². The van der Waals surface area contributed by atoms with Gasteiger partial charge < -0.3 is 9.51 Å². The standard InChI is InChI=1S/C19H23N5O2/c25-19-21-16-2-1-7-20-18(16)24(19)11-13-5-8-23(9-6-13)12-15-10-17(26-22-15)14-3-4-14/h1-2,7,10,13-14H,3-6,8-9,11-12H2,(H,21,25). The lowest BCUT2D eigenvalue weighted by molar-refractivity contribution is 0.163. The SMILES string of the molecule is O=c1[nH]c2cccnc2n1CC1CCN(Cc2cc(C3CC3)on2)CC1. The van der Waals surface area contributed by atoms with Crippen LogP contribution in [0.4, 0.5) is 0 Å². The van der Waals surface area contributed by atoms with Crippen LogP contribution < -0.4 is 5.69 Å². The summed E-state index contributed by atoms with van der Waals surface area (Å²) in [6.45, 7) is 3.65. The van der Waals surface area contributed by atoms with E-state index in [1.807, 2.05) is 12.1 Å². The van der Waals surface area contributed by atoms with Crippen LogP contribution in [0.3, 0.4) is 0 Å². The molecule has 0 radical (unpaired) electrons. The highest BCUT2D eigenvalue weighted by atomic mass is 16.5. The molecule has 0 bridgehead atoms. The van der Waals surface area contributed by atoms with Crippen LogP contribution in [-0.2, 0) is 13.1 Å². The Morgan fingerprint density at radius 1 is 1.23 bits per heavy atom. The summed E-state index contributed by atoms with van der Waals surface area (Å²) in [5, 5.41) is 4.22. The summed E-state index contributed by atoms with van der Waals surface area (Å²) in [7, 11) is 0. The number of likely N-dealkylation sites (tertiary alicyclic amines) is 1. The van der Waals surface area contributed by atoms with Gasteiger partial charge in [-0.3, -0.25) is 9.47 Å². The highest BCUT2D eigenvalue weighted by Crippen LogP contribution is 2.40. The molecule has 2 fully saturated rings. The normalized spacial score (nSPS) is 19.4. The van der Waals surface area contributed by atoms with Crippen LogP contribution in [-0.4, -0.2) is 37.7 Å². The number of imidazole rings is 1. The molecule has 1 N–H and O–H groups in total. The highest BCUT2D eigenvalue weighted by molar-refractivity contribution is 5.69. The number of fused-ring (bicyclic) bond motifs is 1. The zero-order valence-electron chi connectivity index (χ0n) is 14.7. The Labute approximate surface area is 151 Å². The van der Waals surface area contributed by atoms with Gasteiger partial charge in [0.05, 0.1) is 11.2 Å². The zero-order chi connectivity index (χ0) is 17.5.